The lowest BCUT2D eigenvalue weighted by Crippen LogP contribution is -2.27. The summed E-state index contributed by atoms with van der Waals surface area (Å²) < 4.78 is 0. The average Bonchev–Trinajstić information content (AvgIpc) is 2.90. The summed E-state index contributed by atoms with van der Waals surface area (Å²) in [6, 6.07) is 11.9. The van der Waals surface area contributed by atoms with Gasteiger partial charge in [-0.1, -0.05) is 30.3 Å². The van der Waals surface area contributed by atoms with E-state index in [0.717, 1.165) is 11.3 Å². The number of aromatic nitrogens is 2. The molecule has 0 aliphatic rings. The second-order valence-electron chi connectivity index (χ2n) is 4.05. The van der Waals surface area contributed by atoms with E-state index >= 15 is 0 Å². The van der Waals surface area contributed by atoms with Crippen LogP contribution < -0.4 is 5.32 Å². The number of hydrogen-bond acceptors (Lipinski definition) is 3. The maximum atomic E-state index is 9.44. The predicted molar refractivity (Wildman–Crippen MR) is 66.4 cm³/mol. The second kappa shape index (κ2) is 5.61. The topological polar surface area (TPSA) is 60.9 Å². The van der Waals surface area contributed by atoms with Crippen molar-refractivity contribution in [2.75, 3.05) is 6.61 Å². The van der Waals surface area contributed by atoms with Gasteiger partial charge in [-0.3, -0.25) is 10.4 Å². The number of rotatable bonds is 5. The first kappa shape index (κ1) is 11.8. The summed E-state index contributed by atoms with van der Waals surface area (Å²) in [6.07, 6.45) is 1.73. The van der Waals surface area contributed by atoms with Gasteiger partial charge in [-0.25, -0.2) is 0 Å². The Kier molecular flexibility index (Phi) is 3.90. The quantitative estimate of drug-likeness (QED) is 0.735. The van der Waals surface area contributed by atoms with Gasteiger partial charge in [-0.15, -0.1) is 0 Å². The zero-order valence-electron chi connectivity index (χ0n) is 9.80. The Labute approximate surface area is 101 Å². The zero-order valence-corrected chi connectivity index (χ0v) is 9.80. The standard InChI is InChI=1S/C13H17N3O/c1-10(12-7-8-14-16-12)15-13(9-17)11-5-3-2-4-6-11/h2-8,10,13,15,17H,9H2,1H3,(H,14,16)/t10?,13-/m1/s1. The van der Waals surface area contributed by atoms with Gasteiger partial charge in [0, 0.05) is 12.2 Å². The molecule has 0 spiro atoms. The van der Waals surface area contributed by atoms with E-state index in [0.29, 0.717) is 0 Å². The van der Waals surface area contributed by atoms with Gasteiger partial charge < -0.3 is 5.11 Å². The number of aliphatic hydroxyl groups is 1. The Morgan fingerprint density at radius 3 is 2.65 bits per heavy atom. The highest BCUT2D eigenvalue weighted by atomic mass is 16.3. The minimum absolute atomic E-state index is 0.0606. The van der Waals surface area contributed by atoms with Crippen molar-refractivity contribution in [3.05, 3.63) is 53.9 Å². The van der Waals surface area contributed by atoms with Crippen LogP contribution in [-0.2, 0) is 0 Å². The molecule has 0 aliphatic carbocycles. The molecule has 0 aliphatic heterocycles. The number of aromatic amines is 1. The van der Waals surface area contributed by atoms with Crippen molar-refractivity contribution < 1.29 is 5.11 Å². The minimum Gasteiger partial charge on any atom is -0.394 e. The average molecular weight is 231 g/mol. The molecule has 1 unspecified atom stereocenters. The molecule has 1 aromatic carbocycles. The van der Waals surface area contributed by atoms with E-state index < -0.39 is 0 Å². The van der Waals surface area contributed by atoms with Crippen molar-refractivity contribution >= 4 is 0 Å². The van der Waals surface area contributed by atoms with Crippen LogP contribution in [0.3, 0.4) is 0 Å². The van der Waals surface area contributed by atoms with Crippen molar-refractivity contribution in [2.24, 2.45) is 0 Å². The minimum atomic E-state index is -0.0606. The van der Waals surface area contributed by atoms with Gasteiger partial charge in [0.25, 0.3) is 0 Å². The Balaban J connectivity index is 2.06. The molecule has 2 aromatic rings. The number of aliphatic hydroxyl groups excluding tert-OH is 1. The van der Waals surface area contributed by atoms with Gasteiger partial charge in [-0.2, -0.15) is 5.10 Å². The van der Waals surface area contributed by atoms with Crippen LogP contribution in [0.4, 0.5) is 0 Å². The predicted octanol–water partition coefficient (Wildman–Crippen LogP) is 1.79. The Morgan fingerprint density at radius 1 is 1.29 bits per heavy atom. The summed E-state index contributed by atoms with van der Waals surface area (Å²) in [5, 5.41) is 19.6. The molecule has 3 N–H and O–H groups in total. The first-order chi connectivity index (χ1) is 8.31. The lowest BCUT2D eigenvalue weighted by Gasteiger charge is -2.21. The van der Waals surface area contributed by atoms with Crippen LogP contribution >= 0.6 is 0 Å². The maximum absolute atomic E-state index is 9.44. The third-order valence-corrected chi connectivity index (χ3v) is 2.82. The number of nitrogens with zero attached hydrogens (tertiary/aromatic N) is 1. The molecule has 2 atom stereocenters. The molecule has 4 heteroatoms. The lowest BCUT2D eigenvalue weighted by molar-refractivity contribution is 0.235. The van der Waals surface area contributed by atoms with Crippen molar-refractivity contribution in [1.82, 2.24) is 15.5 Å². The van der Waals surface area contributed by atoms with Crippen LogP contribution in [0, 0.1) is 0 Å². The molecule has 0 bridgehead atoms. The van der Waals surface area contributed by atoms with Crippen LogP contribution in [-0.4, -0.2) is 21.9 Å². The maximum Gasteiger partial charge on any atom is 0.0626 e. The first-order valence-electron chi connectivity index (χ1n) is 5.72. The van der Waals surface area contributed by atoms with E-state index in [1.54, 1.807) is 6.20 Å². The van der Waals surface area contributed by atoms with Gasteiger partial charge in [-0.05, 0) is 18.6 Å². The highest BCUT2D eigenvalue weighted by molar-refractivity contribution is 5.19. The van der Waals surface area contributed by atoms with Crippen LogP contribution in [0.2, 0.25) is 0 Å². The molecule has 1 aromatic heterocycles. The van der Waals surface area contributed by atoms with Gasteiger partial charge >= 0.3 is 0 Å². The summed E-state index contributed by atoms with van der Waals surface area (Å²) in [5.41, 5.74) is 2.10. The fourth-order valence-electron chi connectivity index (χ4n) is 1.84. The second-order valence-corrected chi connectivity index (χ2v) is 4.05. The highest BCUT2D eigenvalue weighted by Gasteiger charge is 2.14. The van der Waals surface area contributed by atoms with Crippen molar-refractivity contribution in [3.63, 3.8) is 0 Å². The van der Waals surface area contributed by atoms with Crippen molar-refractivity contribution in [3.8, 4) is 0 Å². The fraction of sp³-hybridized carbons (Fsp3) is 0.308. The van der Waals surface area contributed by atoms with Crippen LogP contribution in [0.1, 0.15) is 30.3 Å². The highest BCUT2D eigenvalue weighted by Crippen LogP contribution is 2.17. The summed E-state index contributed by atoms with van der Waals surface area (Å²) in [7, 11) is 0. The van der Waals surface area contributed by atoms with Gasteiger partial charge in [0.2, 0.25) is 0 Å². The molecule has 0 saturated carbocycles. The van der Waals surface area contributed by atoms with E-state index in [1.807, 2.05) is 43.3 Å². The molecule has 0 saturated heterocycles. The SMILES string of the molecule is CC(N[C@H](CO)c1ccccc1)c1ccn[nH]1. The summed E-state index contributed by atoms with van der Waals surface area (Å²) in [6.45, 7) is 2.11. The monoisotopic (exact) mass is 231 g/mol. The van der Waals surface area contributed by atoms with Crippen molar-refractivity contribution in [2.45, 2.75) is 19.0 Å². The van der Waals surface area contributed by atoms with Gasteiger partial charge in [0.1, 0.15) is 0 Å². The molecular weight excluding hydrogens is 214 g/mol. The smallest absolute Gasteiger partial charge is 0.0626 e. The van der Waals surface area contributed by atoms with Gasteiger partial charge in [0.15, 0.2) is 0 Å². The van der Waals surface area contributed by atoms with Crippen LogP contribution in [0.5, 0.6) is 0 Å². The summed E-state index contributed by atoms with van der Waals surface area (Å²) in [5.74, 6) is 0. The van der Waals surface area contributed by atoms with Crippen LogP contribution in [0.25, 0.3) is 0 Å². The fourth-order valence-corrected chi connectivity index (χ4v) is 1.84. The van der Waals surface area contributed by atoms with E-state index in [4.69, 9.17) is 0 Å². The third-order valence-electron chi connectivity index (χ3n) is 2.82. The van der Waals surface area contributed by atoms with E-state index in [1.165, 1.54) is 0 Å². The Hall–Kier alpha value is -1.65. The number of H-pyrrole nitrogens is 1. The Morgan fingerprint density at radius 2 is 2.06 bits per heavy atom. The first-order valence-corrected chi connectivity index (χ1v) is 5.72. The summed E-state index contributed by atoms with van der Waals surface area (Å²) >= 11 is 0. The number of nitrogens with one attached hydrogen (secondary N) is 2. The molecule has 17 heavy (non-hydrogen) atoms. The normalized spacial score (nSPS) is 14.5. The summed E-state index contributed by atoms with van der Waals surface area (Å²) in [4.78, 5) is 0. The molecule has 0 amide bonds. The zero-order chi connectivity index (χ0) is 12.1. The van der Waals surface area contributed by atoms with Crippen molar-refractivity contribution in [1.29, 1.82) is 0 Å². The largest absolute Gasteiger partial charge is 0.394 e. The number of benzene rings is 1. The van der Waals surface area contributed by atoms with Crippen LogP contribution in [0.15, 0.2) is 42.6 Å². The Bertz CT molecular complexity index is 427. The van der Waals surface area contributed by atoms with E-state index in [9.17, 15) is 5.11 Å². The van der Waals surface area contributed by atoms with E-state index in [2.05, 4.69) is 15.5 Å². The molecule has 2 rings (SSSR count). The molecule has 90 valence electrons. The molecule has 0 fully saturated rings. The third kappa shape index (κ3) is 2.93. The molecule has 1 heterocycles. The van der Waals surface area contributed by atoms with E-state index in [-0.39, 0.29) is 18.7 Å². The molecule has 4 nitrogen and oxygen atoms in total. The number of hydrogen-bond donors (Lipinski definition) is 3. The molecule has 0 radical (unpaired) electrons. The lowest BCUT2D eigenvalue weighted by atomic mass is 10.1. The van der Waals surface area contributed by atoms with Gasteiger partial charge in [0.05, 0.1) is 18.3 Å². The molecular formula is C13H17N3O.